The summed E-state index contributed by atoms with van der Waals surface area (Å²) in [5, 5.41) is 4.72. The Bertz CT molecular complexity index is 920. The molecule has 3 heterocycles. The van der Waals surface area contributed by atoms with Crippen molar-refractivity contribution in [3.05, 3.63) is 65.0 Å². The fourth-order valence-electron chi connectivity index (χ4n) is 3.33. The largest absolute Gasteiger partial charge is 0.495 e. The van der Waals surface area contributed by atoms with E-state index in [1.807, 2.05) is 48.0 Å². The molecule has 1 saturated heterocycles. The lowest BCUT2D eigenvalue weighted by Gasteiger charge is -2.37. The van der Waals surface area contributed by atoms with Gasteiger partial charge in [-0.3, -0.25) is 4.79 Å². The van der Waals surface area contributed by atoms with E-state index in [1.165, 1.54) is 11.3 Å². The summed E-state index contributed by atoms with van der Waals surface area (Å²) in [5.41, 5.74) is 2.20. The Morgan fingerprint density at radius 3 is 2.50 bits per heavy atom. The minimum atomic E-state index is -0.124. The highest BCUT2D eigenvalue weighted by Crippen LogP contribution is 2.29. The Morgan fingerprint density at radius 1 is 1.04 bits per heavy atom. The highest BCUT2D eigenvalue weighted by molar-refractivity contribution is 7.12. The van der Waals surface area contributed by atoms with Crippen LogP contribution in [0.15, 0.2) is 60.1 Å². The van der Waals surface area contributed by atoms with Crippen LogP contribution in [0.5, 0.6) is 5.75 Å². The van der Waals surface area contributed by atoms with Gasteiger partial charge in [-0.1, -0.05) is 18.2 Å². The van der Waals surface area contributed by atoms with Crippen molar-refractivity contribution < 1.29 is 9.53 Å². The number of methoxy groups -OCH3 is 1. The van der Waals surface area contributed by atoms with Gasteiger partial charge in [0.05, 0.1) is 29.6 Å². The number of nitrogens with one attached hydrogen (secondary N) is 1. The molecule has 1 aliphatic rings. The van der Waals surface area contributed by atoms with Gasteiger partial charge in [-0.2, -0.15) is 0 Å². The van der Waals surface area contributed by atoms with Gasteiger partial charge >= 0.3 is 0 Å². The molecule has 6 nitrogen and oxygen atoms in total. The summed E-state index contributed by atoms with van der Waals surface area (Å²) in [4.78, 5) is 21.9. The maximum Gasteiger partial charge on any atom is 0.266 e. The van der Waals surface area contributed by atoms with Crippen LogP contribution in [0.2, 0.25) is 0 Å². The zero-order valence-corrected chi connectivity index (χ0v) is 16.5. The molecule has 1 N–H and O–H groups in total. The molecule has 1 amide bonds. The Balaban J connectivity index is 1.36. The number of carbonyl (C=O) groups is 1. The van der Waals surface area contributed by atoms with E-state index in [0.29, 0.717) is 10.7 Å². The fourth-order valence-corrected chi connectivity index (χ4v) is 3.95. The first-order valence-electron chi connectivity index (χ1n) is 9.18. The van der Waals surface area contributed by atoms with E-state index >= 15 is 0 Å². The first-order chi connectivity index (χ1) is 13.7. The van der Waals surface area contributed by atoms with Crippen molar-refractivity contribution in [2.24, 2.45) is 0 Å². The van der Waals surface area contributed by atoms with Gasteiger partial charge in [0, 0.05) is 26.2 Å². The number of nitrogens with zero attached hydrogens (tertiary/aromatic N) is 3. The number of thiophene rings is 1. The quantitative estimate of drug-likeness (QED) is 0.715. The van der Waals surface area contributed by atoms with E-state index in [1.54, 1.807) is 13.2 Å². The number of rotatable bonds is 5. The van der Waals surface area contributed by atoms with E-state index in [9.17, 15) is 4.79 Å². The SMILES string of the molecule is COc1ccccc1N1CCN(c2ccc(NC(=O)c3cccs3)nc2)CC1. The molecule has 0 atom stereocenters. The second kappa shape index (κ2) is 8.31. The Morgan fingerprint density at radius 2 is 1.82 bits per heavy atom. The number of hydrogen-bond acceptors (Lipinski definition) is 6. The minimum Gasteiger partial charge on any atom is -0.495 e. The van der Waals surface area contributed by atoms with Gasteiger partial charge in [0.1, 0.15) is 11.6 Å². The Labute approximate surface area is 168 Å². The number of benzene rings is 1. The van der Waals surface area contributed by atoms with Crippen molar-refractivity contribution in [2.45, 2.75) is 0 Å². The number of anilines is 3. The van der Waals surface area contributed by atoms with E-state index < -0.39 is 0 Å². The molecule has 0 saturated carbocycles. The van der Waals surface area contributed by atoms with E-state index in [2.05, 4.69) is 26.2 Å². The summed E-state index contributed by atoms with van der Waals surface area (Å²) in [7, 11) is 1.71. The van der Waals surface area contributed by atoms with Crippen molar-refractivity contribution >= 4 is 34.4 Å². The number of pyridine rings is 1. The first kappa shape index (κ1) is 18.3. The molecule has 0 bridgehead atoms. The molecule has 28 heavy (non-hydrogen) atoms. The second-order valence-electron chi connectivity index (χ2n) is 6.48. The predicted molar refractivity (Wildman–Crippen MR) is 114 cm³/mol. The third kappa shape index (κ3) is 3.94. The van der Waals surface area contributed by atoms with Crippen LogP contribution in [0.1, 0.15) is 9.67 Å². The van der Waals surface area contributed by atoms with Gasteiger partial charge in [0.15, 0.2) is 0 Å². The number of piperazine rings is 1. The van der Waals surface area contributed by atoms with Gasteiger partial charge in [-0.05, 0) is 35.7 Å². The standard InChI is InChI=1S/C21H22N4O2S/c1-27-18-6-3-2-5-17(18)25-12-10-24(11-13-25)16-8-9-20(22-15-16)23-21(26)19-7-4-14-28-19/h2-9,14-15H,10-13H2,1H3,(H,22,23,26). The number of ether oxygens (including phenoxy) is 1. The number of para-hydroxylation sites is 2. The number of amides is 1. The first-order valence-corrected chi connectivity index (χ1v) is 10.1. The summed E-state index contributed by atoms with van der Waals surface area (Å²) in [6, 6.07) is 15.6. The summed E-state index contributed by atoms with van der Waals surface area (Å²) in [6.07, 6.45) is 1.82. The van der Waals surface area contributed by atoms with Crippen molar-refractivity contribution in [1.29, 1.82) is 0 Å². The lowest BCUT2D eigenvalue weighted by atomic mass is 10.2. The molecule has 0 spiro atoms. The zero-order valence-electron chi connectivity index (χ0n) is 15.7. The smallest absolute Gasteiger partial charge is 0.266 e. The van der Waals surface area contributed by atoms with Gasteiger partial charge in [0.2, 0.25) is 0 Å². The molecule has 0 unspecified atom stereocenters. The van der Waals surface area contributed by atoms with Gasteiger partial charge in [-0.25, -0.2) is 4.98 Å². The molecule has 0 aliphatic carbocycles. The van der Waals surface area contributed by atoms with Crippen molar-refractivity contribution in [2.75, 3.05) is 48.4 Å². The number of hydrogen-bond donors (Lipinski definition) is 1. The van der Waals surface area contributed by atoms with Gasteiger partial charge in [-0.15, -0.1) is 11.3 Å². The highest BCUT2D eigenvalue weighted by Gasteiger charge is 2.20. The van der Waals surface area contributed by atoms with Gasteiger partial charge in [0.25, 0.3) is 5.91 Å². The third-order valence-electron chi connectivity index (χ3n) is 4.81. The summed E-state index contributed by atoms with van der Waals surface area (Å²) < 4.78 is 5.48. The Hall–Kier alpha value is -3.06. The minimum absolute atomic E-state index is 0.124. The maximum absolute atomic E-state index is 12.1. The van der Waals surface area contributed by atoms with Crippen LogP contribution in [0.4, 0.5) is 17.2 Å². The molecule has 4 rings (SSSR count). The van der Waals surface area contributed by atoms with Crippen LogP contribution in [0, 0.1) is 0 Å². The van der Waals surface area contributed by atoms with Crippen LogP contribution in [-0.2, 0) is 0 Å². The lowest BCUT2D eigenvalue weighted by molar-refractivity contribution is 0.103. The molecule has 7 heteroatoms. The van der Waals surface area contributed by atoms with E-state index in [0.717, 1.165) is 43.3 Å². The third-order valence-corrected chi connectivity index (χ3v) is 5.67. The fraction of sp³-hybridized carbons (Fsp3) is 0.238. The molecule has 3 aromatic rings. The van der Waals surface area contributed by atoms with Crippen LogP contribution in [0.3, 0.4) is 0 Å². The maximum atomic E-state index is 12.1. The molecule has 144 valence electrons. The average molecular weight is 395 g/mol. The normalized spacial score (nSPS) is 14.0. The lowest BCUT2D eigenvalue weighted by Crippen LogP contribution is -2.46. The van der Waals surface area contributed by atoms with Crippen LogP contribution >= 0.6 is 11.3 Å². The van der Waals surface area contributed by atoms with Crippen molar-refractivity contribution in [1.82, 2.24) is 4.98 Å². The zero-order chi connectivity index (χ0) is 19.3. The predicted octanol–water partition coefficient (Wildman–Crippen LogP) is 3.73. The topological polar surface area (TPSA) is 57.7 Å². The monoisotopic (exact) mass is 394 g/mol. The molecule has 0 radical (unpaired) electrons. The molecule has 1 aliphatic heterocycles. The summed E-state index contributed by atoms with van der Waals surface area (Å²) in [5.74, 6) is 1.35. The molecule has 1 fully saturated rings. The number of carbonyl (C=O) groups excluding carboxylic acids is 1. The highest BCUT2D eigenvalue weighted by atomic mass is 32.1. The van der Waals surface area contributed by atoms with Crippen molar-refractivity contribution in [3.63, 3.8) is 0 Å². The second-order valence-corrected chi connectivity index (χ2v) is 7.43. The molecule has 1 aromatic carbocycles. The summed E-state index contributed by atoms with van der Waals surface area (Å²) in [6.45, 7) is 3.63. The van der Waals surface area contributed by atoms with Crippen LogP contribution in [-0.4, -0.2) is 44.2 Å². The number of aromatic nitrogens is 1. The van der Waals surface area contributed by atoms with Crippen LogP contribution < -0.4 is 19.9 Å². The molecule has 2 aromatic heterocycles. The molecular formula is C21H22N4O2S. The van der Waals surface area contributed by atoms with E-state index in [4.69, 9.17) is 4.74 Å². The van der Waals surface area contributed by atoms with E-state index in [-0.39, 0.29) is 5.91 Å². The van der Waals surface area contributed by atoms with Gasteiger partial charge < -0.3 is 19.9 Å². The molecular weight excluding hydrogens is 372 g/mol. The summed E-state index contributed by atoms with van der Waals surface area (Å²) >= 11 is 1.42. The average Bonchev–Trinajstić information content (AvgIpc) is 3.30. The van der Waals surface area contributed by atoms with Crippen LogP contribution in [0.25, 0.3) is 0 Å². The van der Waals surface area contributed by atoms with Crippen molar-refractivity contribution in [3.8, 4) is 5.75 Å². The Kier molecular flexibility index (Phi) is 5.43.